The van der Waals surface area contributed by atoms with Crippen LogP contribution in [0, 0.1) is 0 Å². The molecule has 1 aromatic heterocycles. The summed E-state index contributed by atoms with van der Waals surface area (Å²) in [6, 6.07) is 6.89. The number of amides is 1. The lowest BCUT2D eigenvalue weighted by atomic mass is 10.2. The molecule has 1 fully saturated rings. The first-order valence-electron chi connectivity index (χ1n) is 8.83. The van der Waals surface area contributed by atoms with Crippen molar-refractivity contribution in [1.82, 2.24) is 19.9 Å². The molecule has 1 aromatic carbocycles. The molecule has 9 heteroatoms. The zero-order chi connectivity index (χ0) is 19.2. The van der Waals surface area contributed by atoms with Gasteiger partial charge in [0.1, 0.15) is 11.8 Å². The highest BCUT2D eigenvalue weighted by atomic mass is 16.5. The maximum atomic E-state index is 12.2. The van der Waals surface area contributed by atoms with Gasteiger partial charge in [0.2, 0.25) is 17.6 Å². The van der Waals surface area contributed by atoms with E-state index in [0.717, 1.165) is 24.4 Å². The highest BCUT2D eigenvalue weighted by Crippen LogP contribution is 2.20. The highest BCUT2D eigenvalue weighted by molar-refractivity contribution is 5.81. The second-order valence-electron chi connectivity index (χ2n) is 6.40. The van der Waals surface area contributed by atoms with E-state index in [2.05, 4.69) is 15.0 Å². The summed E-state index contributed by atoms with van der Waals surface area (Å²) in [5, 5.41) is 4.05. The SMILES string of the molecule is COCC(N)C(=O)N1CCN(Cc2nc(-c3ccc(OC)cc3)no2)CC1. The van der Waals surface area contributed by atoms with Gasteiger partial charge in [-0.15, -0.1) is 0 Å². The lowest BCUT2D eigenvalue weighted by Gasteiger charge is -2.35. The normalized spacial score (nSPS) is 16.3. The van der Waals surface area contributed by atoms with Crippen LogP contribution in [-0.4, -0.2) is 78.9 Å². The summed E-state index contributed by atoms with van der Waals surface area (Å²) in [6.07, 6.45) is 0. The Kier molecular flexibility index (Phi) is 6.38. The molecular weight excluding hydrogens is 350 g/mol. The Morgan fingerprint density at radius 3 is 2.56 bits per heavy atom. The smallest absolute Gasteiger partial charge is 0.241 e. The molecule has 3 rings (SSSR count). The molecule has 0 aliphatic carbocycles. The molecule has 146 valence electrons. The minimum atomic E-state index is -0.607. The first-order valence-corrected chi connectivity index (χ1v) is 8.83. The Balaban J connectivity index is 1.52. The third-order valence-electron chi connectivity index (χ3n) is 4.52. The first-order chi connectivity index (χ1) is 13.1. The molecule has 1 aliphatic rings. The molecule has 1 aliphatic heterocycles. The highest BCUT2D eigenvalue weighted by Gasteiger charge is 2.26. The van der Waals surface area contributed by atoms with Gasteiger partial charge in [0, 0.05) is 38.9 Å². The van der Waals surface area contributed by atoms with Crippen molar-refractivity contribution in [3.63, 3.8) is 0 Å². The van der Waals surface area contributed by atoms with Crippen molar-refractivity contribution in [3.8, 4) is 17.1 Å². The molecule has 0 radical (unpaired) electrons. The predicted molar refractivity (Wildman–Crippen MR) is 98.0 cm³/mol. The summed E-state index contributed by atoms with van der Waals surface area (Å²) in [6.45, 7) is 3.48. The number of benzene rings is 1. The van der Waals surface area contributed by atoms with Crippen LogP contribution in [-0.2, 0) is 16.1 Å². The van der Waals surface area contributed by atoms with Crippen molar-refractivity contribution in [2.75, 3.05) is 47.0 Å². The van der Waals surface area contributed by atoms with Crippen molar-refractivity contribution in [2.45, 2.75) is 12.6 Å². The lowest BCUT2D eigenvalue weighted by Crippen LogP contribution is -2.53. The van der Waals surface area contributed by atoms with E-state index in [1.807, 2.05) is 24.3 Å². The number of piperazine rings is 1. The third kappa shape index (κ3) is 4.82. The van der Waals surface area contributed by atoms with E-state index in [-0.39, 0.29) is 12.5 Å². The zero-order valence-corrected chi connectivity index (χ0v) is 15.6. The van der Waals surface area contributed by atoms with Crippen molar-refractivity contribution in [3.05, 3.63) is 30.2 Å². The summed E-state index contributed by atoms with van der Waals surface area (Å²) in [5.74, 6) is 1.81. The van der Waals surface area contributed by atoms with Gasteiger partial charge in [-0.05, 0) is 24.3 Å². The number of nitrogens with two attached hydrogens (primary N) is 1. The second-order valence-corrected chi connectivity index (χ2v) is 6.40. The fourth-order valence-corrected chi connectivity index (χ4v) is 2.98. The Hall–Kier alpha value is -2.49. The number of rotatable bonds is 7. The molecule has 9 nitrogen and oxygen atoms in total. The summed E-state index contributed by atoms with van der Waals surface area (Å²) >= 11 is 0. The predicted octanol–water partition coefficient (Wildman–Crippen LogP) is 0.363. The third-order valence-corrected chi connectivity index (χ3v) is 4.52. The number of carbonyl (C=O) groups excluding carboxylic acids is 1. The van der Waals surface area contributed by atoms with E-state index in [1.54, 1.807) is 12.0 Å². The molecule has 2 heterocycles. The van der Waals surface area contributed by atoms with Gasteiger partial charge in [0.25, 0.3) is 0 Å². The minimum Gasteiger partial charge on any atom is -0.497 e. The molecule has 1 unspecified atom stereocenters. The monoisotopic (exact) mass is 375 g/mol. The van der Waals surface area contributed by atoms with E-state index in [1.165, 1.54) is 7.11 Å². The Bertz CT molecular complexity index is 740. The molecule has 27 heavy (non-hydrogen) atoms. The van der Waals surface area contributed by atoms with Crippen molar-refractivity contribution < 1.29 is 18.8 Å². The van der Waals surface area contributed by atoms with Crippen LogP contribution >= 0.6 is 0 Å². The van der Waals surface area contributed by atoms with Gasteiger partial charge in [-0.2, -0.15) is 4.98 Å². The van der Waals surface area contributed by atoms with Crippen LogP contribution in [0.4, 0.5) is 0 Å². The molecule has 1 atom stereocenters. The van der Waals surface area contributed by atoms with E-state index in [4.69, 9.17) is 19.7 Å². The quantitative estimate of drug-likeness (QED) is 0.739. The maximum absolute atomic E-state index is 12.2. The van der Waals surface area contributed by atoms with Crippen LogP contribution < -0.4 is 10.5 Å². The topological polar surface area (TPSA) is 107 Å². The van der Waals surface area contributed by atoms with Crippen LogP contribution in [0.3, 0.4) is 0 Å². The van der Waals surface area contributed by atoms with E-state index in [9.17, 15) is 4.79 Å². The van der Waals surface area contributed by atoms with Gasteiger partial charge in [0.15, 0.2) is 0 Å². The summed E-state index contributed by atoms with van der Waals surface area (Å²) in [4.78, 5) is 20.6. The number of aromatic nitrogens is 2. The van der Waals surface area contributed by atoms with Gasteiger partial charge in [-0.25, -0.2) is 0 Å². The number of carbonyl (C=O) groups is 1. The Morgan fingerprint density at radius 2 is 1.93 bits per heavy atom. The minimum absolute atomic E-state index is 0.0731. The van der Waals surface area contributed by atoms with Crippen molar-refractivity contribution in [2.24, 2.45) is 5.73 Å². The van der Waals surface area contributed by atoms with Crippen LogP contribution in [0.2, 0.25) is 0 Å². The number of hydrogen-bond acceptors (Lipinski definition) is 8. The Morgan fingerprint density at radius 1 is 1.22 bits per heavy atom. The van der Waals surface area contributed by atoms with Crippen LogP contribution in [0.25, 0.3) is 11.4 Å². The van der Waals surface area contributed by atoms with Gasteiger partial charge in [-0.3, -0.25) is 9.69 Å². The summed E-state index contributed by atoms with van der Waals surface area (Å²) in [7, 11) is 3.16. The van der Waals surface area contributed by atoms with Gasteiger partial charge >= 0.3 is 0 Å². The number of hydrogen-bond donors (Lipinski definition) is 1. The molecular formula is C18H25N5O4. The average molecular weight is 375 g/mol. The standard InChI is InChI=1S/C18H25N5O4/c1-25-12-15(19)18(24)23-9-7-22(8-10-23)11-16-20-17(21-27-16)13-3-5-14(26-2)6-4-13/h3-6,15H,7-12,19H2,1-2H3. The maximum Gasteiger partial charge on any atom is 0.241 e. The van der Waals surface area contributed by atoms with Crippen molar-refractivity contribution in [1.29, 1.82) is 0 Å². The molecule has 1 saturated heterocycles. The van der Waals surface area contributed by atoms with E-state index in [0.29, 0.717) is 31.3 Å². The summed E-state index contributed by atoms with van der Waals surface area (Å²) < 4.78 is 15.5. The Labute approximate surface area is 158 Å². The molecule has 0 bridgehead atoms. The molecule has 2 N–H and O–H groups in total. The molecule has 0 saturated carbocycles. The second kappa shape index (κ2) is 8.94. The fraction of sp³-hybridized carbons (Fsp3) is 0.500. The molecule has 1 amide bonds. The average Bonchev–Trinajstić information content (AvgIpc) is 3.17. The molecule has 0 spiro atoms. The number of ether oxygens (including phenoxy) is 2. The number of nitrogens with zero attached hydrogens (tertiary/aromatic N) is 4. The number of methoxy groups -OCH3 is 2. The van der Waals surface area contributed by atoms with Crippen molar-refractivity contribution >= 4 is 5.91 Å². The van der Waals surface area contributed by atoms with Gasteiger partial charge < -0.3 is 24.6 Å². The zero-order valence-electron chi connectivity index (χ0n) is 15.6. The lowest BCUT2D eigenvalue weighted by molar-refractivity contribution is -0.135. The van der Waals surface area contributed by atoms with Crippen LogP contribution in [0.15, 0.2) is 28.8 Å². The first kappa shape index (κ1) is 19.3. The van der Waals surface area contributed by atoms with E-state index >= 15 is 0 Å². The van der Waals surface area contributed by atoms with Gasteiger partial charge in [0.05, 0.1) is 20.3 Å². The largest absolute Gasteiger partial charge is 0.497 e. The fourth-order valence-electron chi connectivity index (χ4n) is 2.98. The summed E-state index contributed by atoms with van der Waals surface area (Å²) in [5.41, 5.74) is 6.69. The molecule has 2 aromatic rings. The van der Waals surface area contributed by atoms with Gasteiger partial charge in [-0.1, -0.05) is 5.16 Å². The van der Waals surface area contributed by atoms with Crippen LogP contribution in [0.5, 0.6) is 5.75 Å². The van der Waals surface area contributed by atoms with E-state index < -0.39 is 6.04 Å². The van der Waals surface area contributed by atoms with Crippen LogP contribution in [0.1, 0.15) is 5.89 Å².